The van der Waals surface area contributed by atoms with Crippen molar-refractivity contribution in [2.45, 2.75) is 22.9 Å². The monoisotopic (exact) mass is 513 g/mol. The minimum absolute atomic E-state index is 0.106. The quantitative estimate of drug-likeness (QED) is 0.221. The van der Waals surface area contributed by atoms with Crippen LogP contribution in [0.2, 0.25) is 0 Å². The summed E-state index contributed by atoms with van der Waals surface area (Å²) in [5.74, 6) is -1.28. The third kappa shape index (κ3) is 10.2. The van der Waals surface area contributed by atoms with Gasteiger partial charge in [-0.15, -0.1) is 0 Å². The van der Waals surface area contributed by atoms with Crippen molar-refractivity contribution in [3.05, 3.63) is 83.9 Å². The Morgan fingerprint density at radius 2 is 1.48 bits per heavy atom. The summed E-state index contributed by atoms with van der Waals surface area (Å²) < 4.78 is 13.6. The van der Waals surface area contributed by atoms with Gasteiger partial charge in [0.25, 0.3) is 0 Å². The highest BCUT2D eigenvalue weighted by Crippen LogP contribution is 2.27. The largest absolute Gasteiger partial charge is 0.462 e. The smallest absolute Gasteiger partial charge is 0.408 e. The third-order valence-electron chi connectivity index (χ3n) is 4.04. The molecule has 176 valence electrons. The van der Waals surface area contributed by atoms with Gasteiger partial charge in [-0.1, -0.05) is 102 Å². The zero-order valence-electron chi connectivity index (χ0n) is 17.6. The Hall–Kier alpha value is -2.74. The Balaban J connectivity index is 2.21. The molecule has 0 aliphatic heterocycles. The molecule has 0 saturated heterocycles. The van der Waals surface area contributed by atoms with Gasteiger partial charge < -0.3 is 19.5 Å². The fourth-order valence-electron chi connectivity index (χ4n) is 2.63. The SMILES string of the molecule is CC(=O)OCC=CC(NC(=O)OCC(Cl)(Cl)Cl)C(=O)OC(c1ccccc1)c1ccccc1. The molecule has 2 aromatic rings. The maximum Gasteiger partial charge on any atom is 0.408 e. The summed E-state index contributed by atoms with van der Waals surface area (Å²) in [4.78, 5) is 36.1. The second-order valence-corrected chi connectivity index (χ2v) is 9.20. The van der Waals surface area contributed by atoms with Crippen molar-refractivity contribution in [1.29, 1.82) is 0 Å². The number of alkyl halides is 3. The average Bonchev–Trinajstić information content (AvgIpc) is 2.78. The van der Waals surface area contributed by atoms with E-state index < -0.39 is 40.6 Å². The molecule has 0 aromatic heterocycles. The standard InChI is InChI=1S/C23H22Cl3NO6/c1-16(28)31-14-8-13-19(27-22(30)32-15-23(24,25)26)21(29)33-20(17-9-4-2-5-10-17)18-11-6-3-7-12-18/h2-13,19-20H,14-15H2,1H3,(H,27,30). The van der Waals surface area contributed by atoms with Crippen LogP contribution in [0.3, 0.4) is 0 Å². The molecule has 2 aromatic carbocycles. The number of rotatable bonds is 9. The van der Waals surface area contributed by atoms with Gasteiger partial charge in [-0.2, -0.15) is 0 Å². The van der Waals surface area contributed by atoms with E-state index >= 15 is 0 Å². The number of nitrogens with one attached hydrogen (secondary N) is 1. The minimum atomic E-state index is -1.82. The van der Waals surface area contributed by atoms with Crippen molar-refractivity contribution in [2.75, 3.05) is 13.2 Å². The van der Waals surface area contributed by atoms with Crippen molar-refractivity contribution in [2.24, 2.45) is 0 Å². The number of carbonyl (C=O) groups excluding carboxylic acids is 3. The number of ether oxygens (including phenoxy) is 3. The van der Waals surface area contributed by atoms with Gasteiger partial charge in [-0.05, 0) is 17.2 Å². The predicted molar refractivity (Wildman–Crippen MR) is 125 cm³/mol. The summed E-state index contributed by atoms with van der Waals surface area (Å²) in [6, 6.07) is 17.0. The summed E-state index contributed by atoms with van der Waals surface area (Å²) >= 11 is 16.8. The fourth-order valence-corrected chi connectivity index (χ4v) is 2.80. The molecular weight excluding hydrogens is 493 g/mol. The first kappa shape index (κ1) is 26.5. The molecule has 10 heteroatoms. The van der Waals surface area contributed by atoms with Gasteiger partial charge in [0, 0.05) is 6.92 Å². The number of hydrogen-bond donors (Lipinski definition) is 1. The van der Waals surface area contributed by atoms with Crippen molar-refractivity contribution >= 4 is 52.8 Å². The molecule has 0 aliphatic rings. The zero-order chi connectivity index (χ0) is 24.3. The lowest BCUT2D eigenvalue weighted by molar-refractivity contribution is -0.148. The third-order valence-corrected chi connectivity index (χ3v) is 4.37. The van der Waals surface area contributed by atoms with Gasteiger partial charge in [0.2, 0.25) is 3.79 Å². The van der Waals surface area contributed by atoms with Gasteiger partial charge in [-0.25, -0.2) is 9.59 Å². The van der Waals surface area contributed by atoms with Crippen LogP contribution in [0.4, 0.5) is 4.79 Å². The Labute approximate surface area is 206 Å². The lowest BCUT2D eigenvalue weighted by Gasteiger charge is -2.22. The first-order valence-electron chi connectivity index (χ1n) is 9.76. The summed E-state index contributed by atoms with van der Waals surface area (Å²) in [7, 11) is 0. The van der Waals surface area contributed by atoms with Crippen molar-refractivity contribution in [3.63, 3.8) is 0 Å². The number of halogens is 3. The highest BCUT2D eigenvalue weighted by molar-refractivity contribution is 6.67. The molecule has 1 amide bonds. The first-order valence-corrected chi connectivity index (χ1v) is 10.9. The molecule has 0 radical (unpaired) electrons. The second kappa shape index (κ2) is 13.1. The molecule has 1 N–H and O–H groups in total. The highest BCUT2D eigenvalue weighted by atomic mass is 35.6. The average molecular weight is 515 g/mol. The van der Waals surface area contributed by atoms with E-state index in [9.17, 15) is 14.4 Å². The number of benzene rings is 2. The van der Waals surface area contributed by atoms with Crippen LogP contribution < -0.4 is 5.32 Å². The van der Waals surface area contributed by atoms with E-state index in [1.165, 1.54) is 19.1 Å². The van der Waals surface area contributed by atoms with Crippen molar-refractivity contribution in [3.8, 4) is 0 Å². The molecule has 0 saturated carbocycles. The molecule has 0 aliphatic carbocycles. The van der Waals surface area contributed by atoms with E-state index in [-0.39, 0.29) is 6.61 Å². The van der Waals surface area contributed by atoms with E-state index in [0.717, 1.165) is 11.1 Å². The van der Waals surface area contributed by atoms with Crippen LogP contribution in [-0.2, 0) is 23.8 Å². The van der Waals surface area contributed by atoms with Crippen LogP contribution >= 0.6 is 34.8 Å². The van der Waals surface area contributed by atoms with E-state index in [2.05, 4.69) is 5.32 Å². The van der Waals surface area contributed by atoms with Gasteiger partial charge in [0.1, 0.15) is 19.3 Å². The number of hydrogen-bond acceptors (Lipinski definition) is 6. The molecule has 1 unspecified atom stereocenters. The van der Waals surface area contributed by atoms with Crippen LogP contribution in [0.5, 0.6) is 0 Å². The van der Waals surface area contributed by atoms with Crippen molar-refractivity contribution in [1.82, 2.24) is 5.32 Å². The second-order valence-electron chi connectivity index (χ2n) is 6.68. The number of carbonyl (C=O) groups is 3. The number of alkyl carbamates (subject to hydrolysis) is 1. The maximum atomic E-state index is 13.0. The highest BCUT2D eigenvalue weighted by Gasteiger charge is 2.27. The van der Waals surface area contributed by atoms with Gasteiger partial charge in [0.05, 0.1) is 0 Å². The Morgan fingerprint density at radius 1 is 0.939 bits per heavy atom. The molecule has 0 heterocycles. The fraction of sp³-hybridized carbons (Fsp3) is 0.261. The summed E-state index contributed by atoms with van der Waals surface area (Å²) in [5.41, 5.74) is 1.47. The number of amides is 1. The first-order chi connectivity index (χ1) is 15.7. The maximum absolute atomic E-state index is 13.0. The van der Waals surface area contributed by atoms with E-state index in [1.54, 1.807) is 0 Å². The van der Waals surface area contributed by atoms with E-state index in [4.69, 9.17) is 49.0 Å². The minimum Gasteiger partial charge on any atom is -0.462 e. The number of esters is 2. The van der Waals surface area contributed by atoms with Crippen LogP contribution in [-0.4, -0.2) is 41.1 Å². The molecule has 0 fully saturated rings. The van der Waals surface area contributed by atoms with E-state index in [0.29, 0.717) is 0 Å². The molecule has 0 bridgehead atoms. The van der Waals surface area contributed by atoms with Crippen LogP contribution in [0.1, 0.15) is 24.2 Å². The normalized spacial score (nSPS) is 12.3. The predicted octanol–water partition coefficient (Wildman–Crippen LogP) is 4.90. The van der Waals surface area contributed by atoms with Crippen LogP contribution in [0.25, 0.3) is 0 Å². The molecular formula is C23H22Cl3NO6. The Morgan fingerprint density at radius 3 is 1.97 bits per heavy atom. The molecule has 0 spiro atoms. The van der Waals surface area contributed by atoms with Gasteiger partial charge in [0.15, 0.2) is 6.10 Å². The lowest BCUT2D eigenvalue weighted by atomic mass is 10.0. The van der Waals surface area contributed by atoms with Gasteiger partial charge in [-0.3, -0.25) is 4.79 Å². The topological polar surface area (TPSA) is 90.9 Å². The molecule has 2 rings (SSSR count). The Kier molecular flexibility index (Phi) is 10.5. The Bertz CT molecular complexity index is 908. The van der Waals surface area contributed by atoms with Gasteiger partial charge >= 0.3 is 18.0 Å². The van der Waals surface area contributed by atoms with E-state index in [1.807, 2.05) is 60.7 Å². The van der Waals surface area contributed by atoms with Crippen molar-refractivity contribution < 1.29 is 28.6 Å². The van der Waals surface area contributed by atoms with Crippen LogP contribution in [0.15, 0.2) is 72.8 Å². The van der Waals surface area contributed by atoms with Crippen LogP contribution in [0, 0.1) is 0 Å². The summed E-state index contributed by atoms with van der Waals surface area (Å²) in [5, 5.41) is 2.35. The summed E-state index contributed by atoms with van der Waals surface area (Å²) in [6.07, 6.45) is 0.969. The lowest BCUT2D eigenvalue weighted by Crippen LogP contribution is -2.42. The zero-order valence-corrected chi connectivity index (χ0v) is 19.8. The molecule has 7 nitrogen and oxygen atoms in total. The molecule has 33 heavy (non-hydrogen) atoms. The summed E-state index contributed by atoms with van der Waals surface area (Å²) in [6.45, 7) is 0.611. The molecule has 1 atom stereocenters.